The van der Waals surface area contributed by atoms with Gasteiger partial charge in [-0.05, 0) is 80.4 Å². The van der Waals surface area contributed by atoms with Gasteiger partial charge in [0.15, 0.2) is 17.2 Å². The predicted molar refractivity (Wildman–Crippen MR) is 177 cm³/mol. The van der Waals surface area contributed by atoms with Gasteiger partial charge in [0.05, 0.1) is 28.3 Å². The molecule has 6 rings (SSSR count). The van der Waals surface area contributed by atoms with E-state index in [0.29, 0.717) is 51.8 Å². The second-order valence-corrected chi connectivity index (χ2v) is 14.5. The van der Waals surface area contributed by atoms with E-state index in [9.17, 15) is 29.7 Å². The van der Waals surface area contributed by atoms with Crippen LogP contribution in [0, 0.1) is 28.6 Å². The molecule has 0 spiro atoms. The van der Waals surface area contributed by atoms with E-state index in [1.165, 1.54) is 12.2 Å². The number of alkyl halides is 1. The third-order valence-electron chi connectivity index (χ3n) is 11.4. The Morgan fingerprint density at radius 3 is 2.36 bits per heavy atom. The van der Waals surface area contributed by atoms with Crippen LogP contribution in [-0.4, -0.2) is 61.9 Å². The van der Waals surface area contributed by atoms with E-state index in [-0.39, 0.29) is 24.5 Å². The maximum Gasteiger partial charge on any atom is 0.307 e. The number of hydrogen-bond donors (Lipinski definition) is 5. The molecule has 0 bridgehead atoms. The number of halogens is 3. The number of anilines is 2. The summed E-state index contributed by atoms with van der Waals surface area (Å²) in [5, 5.41) is 44.9. The fourth-order valence-electron chi connectivity index (χ4n) is 8.97. The molecule has 0 unspecified atom stereocenters. The van der Waals surface area contributed by atoms with Gasteiger partial charge < -0.3 is 25.7 Å². The van der Waals surface area contributed by atoms with Crippen LogP contribution < -0.4 is 5.32 Å². The third kappa shape index (κ3) is 5.54. The van der Waals surface area contributed by atoms with Crippen molar-refractivity contribution in [3.05, 3.63) is 81.9 Å². The molecule has 2 aromatic rings. The molecule has 0 amide bonds. The number of aliphatic carboxylic acids is 1. The zero-order valence-corrected chi connectivity index (χ0v) is 28.0. The van der Waals surface area contributed by atoms with Crippen LogP contribution in [0.2, 0.25) is 10.0 Å². The maximum atomic E-state index is 16.9. The van der Waals surface area contributed by atoms with E-state index in [1.807, 2.05) is 6.07 Å². The van der Waals surface area contributed by atoms with Crippen molar-refractivity contribution in [2.24, 2.45) is 28.6 Å². The van der Waals surface area contributed by atoms with Crippen LogP contribution in [-0.2, 0) is 20.8 Å². The van der Waals surface area contributed by atoms with Gasteiger partial charge in [0.1, 0.15) is 12.2 Å². The normalized spacial score (nSPS) is 35.4. The monoisotopic (exact) mass is 687 g/mol. The summed E-state index contributed by atoms with van der Waals surface area (Å²) in [6.07, 6.45) is 4.37. The number of ketones is 2. The fourth-order valence-corrected chi connectivity index (χ4v) is 9.46. The number of fused-ring (bicyclic) bond motifs is 5. The second-order valence-electron chi connectivity index (χ2n) is 13.7. The van der Waals surface area contributed by atoms with Crippen molar-refractivity contribution < 1.29 is 39.2 Å². The molecule has 0 radical (unpaired) electrons. The van der Waals surface area contributed by atoms with Gasteiger partial charge in [0, 0.05) is 22.4 Å². The van der Waals surface area contributed by atoms with E-state index < -0.39 is 58.4 Å². The SMILES string of the molecule is C[C@@H]1C[C@H]2[C@@H]3CCC4=CC(=O)C=C[C@]4(C)[C@@]3(F)[C@@H](O)C[C@]2(C)[C@@]1(O)C(=O)CO.O=C(O)Cc1ccccc1Nc1c(Cl)cccc1Cl. The molecule has 8 nitrogen and oxygen atoms in total. The highest BCUT2D eigenvalue weighted by Gasteiger charge is 2.75. The first-order chi connectivity index (χ1) is 22.0. The van der Waals surface area contributed by atoms with Crippen molar-refractivity contribution in [3.8, 4) is 0 Å². The van der Waals surface area contributed by atoms with Gasteiger partial charge in [-0.2, -0.15) is 0 Å². The van der Waals surface area contributed by atoms with E-state index in [2.05, 4.69) is 5.32 Å². The Balaban J connectivity index is 0.000000199. The fraction of sp³-hybridized carbons (Fsp3) is 0.472. The molecule has 3 saturated carbocycles. The number of benzene rings is 2. The Kier molecular flexibility index (Phi) is 9.56. The van der Waals surface area contributed by atoms with Crippen LogP contribution in [0.5, 0.6) is 0 Å². The molecule has 2 aromatic carbocycles. The molecule has 4 aliphatic carbocycles. The number of allylic oxidation sites excluding steroid dienone is 4. The highest BCUT2D eigenvalue weighted by atomic mass is 35.5. The highest BCUT2D eigenvalue weighted by molar-refractivity contribution is 6.39. The summed E-state index contributed by atoms with van der Waals surface area (Å²) >= 11 is 12.1. The largest absolute Gasteiger partial charge is 0.481 e. The van der Waals surface area contributed by atoms with Crippen LogP contribution in [0.25, 0.3) is 0 Å². The van der Waals surface area contributed by atoms with Crippen LogP contribution >= 0.6 is 23.2 Å². The molecule has 3 fully saturated rings. The Morgan fingerprint density at radius 1 is 1.06 bits per heavy atom. The molecule has 4 aliphatic rings. The molecule has 11 heteroatoms. The minimum Gasteiger partial charge on any atom is -0.481 e. The number of Topliss-reactive ketones (excluding diaryl/α,β-unsaturated/α-hetero) is 1. The summed E-state index contributed by atoms with van der Waals surface area (Å²) in [5.74, 6) is -3.01. The average molecular weight is 689 g/mol. The summed E-state index contributed by atoms with van der Waals surface area (Å²) in [6.45, 7) is 4.48. The molecule has 5 N–H and O–H groups in total. The summed E-state index contributed by atoms with van der Waals surface area (Å²) in [6, 6.07) is 12.3. The van der Waals surface area contributed by atoms with Crippen molar-refractivity contribution in [1.29, 1.82) is 0 Å². The number of nitrogens with one attached hydrogen (secondary N) is 1. The smallest absolute Gasteiger partial charge is 0.307 e. The number of carbonyl (C=O) groups excluding carboxylic acids is 2. The quantitative estimate of drug-likeness (QED) is 0.239. The molecular weight excluding hydrogens is 648 g/mol. The Morgan fingerprint density at radius 2 is 1.72 bits per heavy atom. The number of carboxylic acid groups (broad SMARTS) is 1. The van der Waals surface area contributed by atoms with Gasteiger partial charge in [-0.15, -0.1) is 0 Å². The summed E-state index contributed by atoms with van der Waals surface area (Å²) < 4.78 is 16.9. The van der Waals surface area contributed by atoms with Gasteiger partial charge in [0.2, 0.25) is 0 Å². The minimum atomic E-state index is -1.98. The second kappa shape index (κ2) is 12.7. The Bertz CT molecular complexity index is 1640. The zero-order valence-electron chi connectivity index (χ0n) is 26.5. The lowest BCUT2D eigenvalue weighted by Gasteiger charge is -2.62. The Hall–Kier alpha value is -3.08. The number of aliphatic hydroxyl groups excluding tert-OH is 2. The highest BCUT2D eigenvalue weighted by Crippen LogP contribution is 2.70. The van der Waals surface area contributed by atoms with E-state index in [0.717, 1.165) is 0 Å². The number of hydrogen-bond acceptors (Lipinski definition) is 7. The van der Waals surface area contributed by atoms with E-state index >= 15 is 4.39 Å². The number of carboxylic acids is 1. The van der Waals surface area contributed by atoms with Crippen LogP contribution in [0.15, 0.2) is 66.3 Å². The number of carbonyl (C=O) groups is 3. The summed E-state index contributed by atoms with van der Waals surface area (Å²) in [7, 11) is 0. The van der Waals surface area contributed by atoms with Gasteiger partial charge in [-0.1, -0.05) is 73.0 Å². The number of aliphatic hydroxyl groups is 3. The van der Waals surface area contributed by atoms with Crippen LogP contribution in [0.1, 0.15) is 52.0 Å². The first-order valence-corrected chi connectivity index (χ1v) is 16.5. The van der Waals surface area contributed by atoms with Crippen LogP contribution in [0.4, 0.5) is 15.8 Å². The first kappa shape index (κ1) is 35.2. The van der Waals surface area contributed by atoms with Crippen molar-refractivity contribution in [2.75, 3.05) is 11.9 Å². The molecule has 0 heterocycles. The maximum absolute atomic E-state index is 16.9. The lowest BCUT2D eigenvalue weighted by atomic mass is 9.44. The topological polar surface area (TPSA) is 144 Å². The third-order valence-corrected chi connectivity index (χ3v) is 12.0. The average Bonchev–Trinajstić information content (AvgIpc) is 3.22. The predicted octanol–water partition coefficient (Wildman–Crippen LogP) is 6.26. The lowest BCUT2D eigenvalue weighted by molar-refractivity contribution is -0.219. The van der Waals surface area contributed by atoms with Gasteiger partial charge in [0.25, 0.3) is 0 Å². The molecular formula is C36H40Cl2FNO7. The molecule has 8 atom stereocenters. The molecule has 47 heavy (non-hydrogen) atoms. The zero-order chi connectivity index (χ0) is 34.5. The van der Waals surface area contributed by atoms with Gasteiger partial charge >= 0.3 is 5.97 Å². The molecule has 0 aromatic heterocycles. The van der Waals surface area contributed by atoms with E-state index in [1.54, 1.807) is 63.2 Å². The molecule has 0 aliphatic heterocycles. The molecule has 252 valence electrons. The Labute approximate surface area is 283 Å². The van der Waals surface area contributed by atoms with Crippen molar-refractivity contribution in [2.45, 2.75) is 70.2 Å². The number of para-hydroxylation sites is 2. The van der Waals surface area contributed by atoms with Crippen molar-refractivity contribution in [1.82, 2.24) is 0 Å². The van der Waals surface area contributed by atoms with Crippen molar-refractivity contribution >= 4 is 52.1 Å². The van der Waals surface area contributed by atoms with Crippen LogP contribution in [0.3, 0.4) is 0 Å². The van der Waals surface area contributed by atoms with E-state index in [4.69, 9.17) is 28.3 Å². The summed E-state index contributed by atoms with van der Waals surface area (Å²) in [5.41, 5.74) is -3.24. The number of rotatable bonds is 6. The first-order valence-electron chi connectivity index (χ1n) is 15.7. The molecule has 0 saturated heterocycles. The van der Waals surface area contributed by atoms with Gasteiger partial charge in [-0.25, -0.2) is 4.39 Å². The standard InChI is InChI=1S/C22H29FO5.C14H11Cl2NO2/c1-12-8-16-15-5-4-13-9-14(25)6-7-19(13,2)21(15,23)17(26)10-20(16,3)22(12,28)18(27)11-24;15-10-5-3-6-11(16)14(10)17-12-7-2-1-4-9(12)8-13(18)19/h6-7,9,12,15-17,24,26,28H,4-5,8,10-11H2,1-3H3;1-7,17H,8H2,(H,18,19)/t12-,15+,16+,17+,19+,20+,21+,22+;/m1./s1. The minimum absolute atomic E-state index is 0.0642. The van der Waals surface area contributed by atoms with Crippen molar-refractivity contribution in [3.63, 3.8) is 0 Å². The summed E-state index contributed by atoms with van der Waals surface area (Å²) in [4.78, 5) is 35.2. The lowest BCUT2D eigenvalue weighted by Crippen LogP contribution is -2.69. The van der Waals surface area contributed by atoms with Gasteiger partial charge in [-0.3, -0.25) is 14.4 Å².